The first-order valence-electron chi connectivity index (χ1n) is 7.65. The fourth-order valence-electron chi connectivity index (χ4n) is 3.02. The summed E-state index contributed by atoms with van der Waals surface area (Å²) in [6.45, 7) is 4.55. The molecule has 1 fully saturated rings. The highest BCUT2D eigenvalue weighted by Gasteiger charge is 2.26. The molecule has 0 bridgehead atoms. The average molecular weight is 335 g/mol. The van der Waals surface area contributed by atoms with Crippen LogP contribution >= 0.6 is 22.7 Å². The second kappa shape index (κ2) is 7.04. The van der Waals surface area contributed by atoms with Crippen molar-refractivity contribution >= 4 is 28.5 Å². The fraction of sp³-hybridized carbons (Fsp3) is 0.471. The van der Waals surface area contributed by atoms with Gasteiger partial charge in [-0.2, -0.15) is 0 Å². The summed E-state index contributed by atoms with van der Waals surface area (Å²) in [6.07, 6.45) is 1.75. The topological polar surface area (TPSA) is 40.5 Å². The van der Waals surface area contributed by atoms with E-state index in [1.807, 2.05) is 23.6 Å². The van der Waals surface area contributed by atoms with Crippen LogP contribution in [0.2, 0.25) is 0 Å². The minimum absolute atomic E-state index is 0.147. The molecule has 118 valence electrons. The lowest BCUT2D eigenvalue weighted by atomic mass is 9.90. The number of nitrogens with zero attached hydrogens (tertiary/aromatic N) is 1. The number of aliphatic hydroxyl groups is 1. The zero-order valence-corrected chi connectivity index (χ0v) is 14.3. The van der Waals surface area contributed by atoms with Crippen LogP contribution in [0, 0.1) is 5.92 Å². The van der Waals surface area contributed by atoms with Crippen molar-refractivity contribution in [3.05, 3.63) is 44.3 Å². The zero-order valence-electron chi connectivity index (χ0n) is 12.7. The van der Waals surface area contributed by atoms with Crippen molar-refractivity contribution in [1.82, 2.24) is 4.90 Å². The Labute approximate surface area is 139 Å². The van der Waals surface area contributed by atoms with E-state index in [0.29, 0.717) is 5.92 Å². The maximum atomic E-state index is 11.4. The number of rotatable bonds is 5. The second-order valence-electron chi connectivity index (χ2n) is 5.95. The molecule has 0 aromatic carbocycles. The first-order chi connectivity index (χ1) is 10.6. The lowest BCUT2D eigenvalue weighted by molar-refractivity contribution is 0.0591. The molecule has 3 heterocycles. The van der Waals surface area contributed by atoms with E-state index in [2.05, 4.69) is 10.3 Å². The van der Waals surface area contributed by atoms with Crippen LogP contribution in [0.1, 0.15) is 46.0 Å². The number of carbonyl (C=O) groups is 1. The Bertz CT molecular complexity index is 612. The van der Waals surface area contributed by atoms with Gasteiger partial charge in [-0.25, -0.2) is 0 Å². The van der Waals surface area contributed by atoms with Gasteiger partial charge < -0.3 is 5.11 Å². The monoisotopic (exact) mass is 335 g/mol. The molecule has 0 saturated carbocycles. The van der Waals surface area contributed by atoms with E-state index < -0.39 is 0 Å². The van der Waals surface area contributed by atoms with E-state index in [0.717, 1.165) is 42.2 Å². The molecule has 1 saturated heterocycles. The van der Waals surface area contributed by atoms with Gasteiger partial charge in [-0.1, -0.05) is 6.07 Å². The molecular formula is C17H21NO2S2. The number of hydrogen-bond acceptors (Lipinski definition) is 5. The smallest absolute Gasteiger partial charge is 0.169 e. The third kappa shape index (κ3) is 3.66. The zero-order chi connectivity index (χ0) is 15.5. The molecule has 2 aromatic heterocycles. The molecule has 1 atom stereocenters. The predicted octanol–water partition coefficient (Wildman–Crippen LogP) is 3.96. The summed E-state index contributed by atoms with van der Waals surface area (Å²) < 4.78 is 0. The normalized spacial score (nSPS) is 18.5. The molecule has 1 N–H and O–H groups in total. The SMILES string of the molecule is CC(=O)c1cc(CN2CCC([C@H](O)c3cccs3)CC2)cs1. The van der Waals surface area contributed by atoms with E-state index in [1.54, 1.807) is 18.3 Å². The summed E-state index contributed by atoms with van der Waals surface area (Å²) >= 11 is 3.17. The Kier molecular flexibility index (Phi) is 5.08. The number of piperidine rings is 1. The standard InChI is InChI=1S/C17H21NO2S2/c1-12(19)16-9-13(11-22-16)10-18-6-4-14(5-7-18)17(20)15-3-2-8-21-15/h2-3,8-9,11,14,17,20H,4-7,10H2,1H3/t17-/m0/s1. The van der Waals surface area contributed by atoms with Gasteiger partial charge in [-0.3, -0.25) is 9.69 Å². The van der Waals surface area contributed by atoms with Crippen LogP contribution in [0.5, 0.6) is 0 Å². The Morgan fingerprint density at radius 3 is 2.77 bits per heavy atom. The number of likely N-dealkylation sites (tertiary alicyclic amines) is 1. The number of aliphatic hydroxyl groups excluding tert-OH is 1. The van der Waals surface area contributed by atoms with Crippen molar-refractivity contribution in [3.63, 3.8) is 0 Å². The van der Waals surface area contributed by atoms with Gasteiger partial charge in [0.05, 0.1) is 11.0 Å². The van der Waals surface area contributed by atoms with Crippen molar-refractivity contribution in [2.75, 3.05) is 13.1 Å². The van der Waals surface area contributed by atoms with Gasteiger partial charge in [0.2, 0.25) is 0 Å². The number of thiophene rings is 2. The summed E-state index contributed by atoms with van der Waals surface area (Å²) in [6, 6.07) is 6.04. The Morgan fingerprint density at radius 2 is 2.18 bits per heavy atom. The third-order valence-corrected chi connectivity index (χ3v) is 6.34. The summed E-state index contributed by atoms with van der Waals surface area (Å²) in [5.74, 6) is 0.513. The summed E-state index contributed by atoms with van der Waals surface area (Å²) in [5.41, 5.74) is 1.23. The van der Waals surface area contributed by atoms with Gasteiger partial charge in [0.25, 0.3) is 0 Å². The molecule has 1 aliphatic rings. The van der Waals surface area contributed by atoms with Crippen LogP contribution in [-0.2, 0) is 6.54 Å². The van der Waals surface area contributed by atoms with Gasteiger partial charge >= 0.3 is 0 Å². The van der Waals surface area contributed by atoms with Crippen LogP contribution in [-0.4, -0.2) is 28.9 Å². The van der Waals surface area contributed by atoms with Gasteiger partial charge in [-0.15, -0.1) is 22.7 Å². The Hall–Kier alpha value is -1.01. The van der Waals surface area contributed by atoms with E-state index in [-0.39, 0.29) is 11.9 Å². The number of Topliss-reactive ketones (excluding diaryl/α,β-unsaturated/α-hetero) is 1. The van der Waals surface area contributed by atoms with Gasteiger partial charge in [0.15, 0.2) is 5.78 Å². The summed E-state index contributed by atoms with van der Waals surface area (Å²) in [7, 11) is 0. The Morgan fingerprint density at radius 1 is 1.41 bits per heavy atom. The Balaban J connectivity index is 1.52. The van der Waals surface area contributed by atoms with E-state index >= 15 is 0 Å². The van der Waals surface area contributed by atoms with Crippen molar-refractivity contribution in [2.24, 2.45) is 5.92 Å². The van der Waals surface area contributed by atoms with Crippen LogP contribution in [0.4, 0.5) is 0 Å². The lowest BCUT2D eigenvalue weighted by Crippen LogP contribution is -2.35. The average Bonchev–Trinajstić information content (AvgIpc) is 3.19. The highest BCUT2D eigenvalue weighted by Crippen LogP contribution is 2.33. The molecule has 3 nitrogen and oxygen atoms in total. The summed E-state index contributed by atoms with van der Waals surface area (Å²) in [4.78, 5) is 15.7. The van der Waals surface area contributed by atoms with Crippen molar-refractivity contribution < 1.29 is 9.90 Å². The van der Waals surface area contributed by atoms with Crippen LogP contribution in [0.25, 0.3) is 0 Å². The lowest BCUT2D eigenvalue weighted by Gasteiger charge is -2.33. The molecule has 1 aliphatic heterocycles. The molecule has 0 spiro atoms. The van der Waals surface area contributed by atoms with Crippen LogP contribution in [0.15, 0.2) is 29.0 Å². The van der Waals surface area contributed by atoms with Crippen molar-refractivity contribution in [1.29, 1.82) is 0 Å². The minimum Gasteiger partial charge on any atom is -0.387 e. The molecule has 3 rings (SSSR count). The quantitative estimate of drug-likeness (QED) is 0.841. The third-order valence-electron chi connectivity index (χ3n) is 4.32. The van der Waals surface area contributed by atoms with Gasteiger partial charge in [-0.05, 0) is 67.2 Å². The maximum Gasteiger partial charge on any atom is 0.169 e. The molecule has 0 unspecified atom stereocenters. The number of hydrogen-bond donors (Lipinski definition) is 1. The molecule has 5 heteroatoms. The molecule has 0 amide bonds. The largest absolute Gasteiger partial charge is 0.387 e. The van der Waals surface area contributed by atoms with E-state index in [9.17, 15) is 9.90 Å². The van der Waals surface area contributed by atoms with Crippen molar-refractivity contribution in [2.45, 2.75) is 32.4 Å². The highest BCUT2D eigenvalue weighted by atomic mass is 32.1. The highest BCUT2D eigenvalue weighted by molar-refractivity contribution is 7.12. The number of ketones is 1. The van der Waals surface area contributed by atoms with Crippen LogP contribution < -0.4 is 0 Å². The van der Waals surface area contributed by atoms with E-state index in [4.69, 9.17) is 0 Å². The van der Waals surface area contributed by atoms with Crippen LogP contribution in [0.3, 0.4) is 0 Å². The molecule has 0 aliphatic carbocycles. The first kappa shape index (κ1) is 15.9. The predicted molar refractivity (Wildman–Crippen MR) is 91.6 cm³/mol. The second-order valence-corrected chi connectivity index (χ2v) is 7.84. The molecule has 22 heavy (non-hydrogen) atoms. The molecular weight excluding hydrogens is 314 g/mol. The first-order valence-corrected chi connectivity index (χ1v) is 9.41. The van der Waals surface area contributed by atoms with E-state index in [1.165, 1.54) is 16.9 Å². The van der Waals surface area contributed by atoms with Gasteiger partial charge in [0, 0.05) is 11.4 Å². The number of carbonyl (C=O) groups excluding carboxylic acids is 1. The fourth-order valence-corrected chi connectivity index (χ4v) is 4.63. The molecule has 2 aromatic rings. The molecule has 0 radical (unpaired) electrons. The van der Waals surface area contributed by atoms with Gasteiger partial charge in [0.1, 0.15) is 0 Å². The minimum atomic E-state index is -0.312. The van der Waals surface area contributed by atoms with Crippen molar-refractivity contribution in [3.8, 4) is 0 Å². The summed E-state index contributed by atoms with van der Waals surface area (Å²) in [5, 5.41) is 14.5. The maximum absolute atomic E-state index is 11.4.